The third-order valence-corrected chi connectivity index (χ3v) is 1.95. The van der Waals surface area contributed by atoms with Crippen LogP contribution < -0.4 is 4.74 Å². The fourth-order valence-electron chi connectivity index (χ4n) is 1.30. The van der Waals surface area contributed by atoms with Crippen LogP contribution in [0.25, 0.3) is 0 Å². The highest BCUT2D eigenvalue weighted by Gasteiger charge is 2.01. The molecule has 0 saturated heterocycles. The van der Waals surface area contributed by atoms with Crippen molar-refractivity contribution in [2.75, 3.05) is 7.11 Å². The smallest absolute Gasteiger partial charge is 0.144 e. The zero-order valence-electron chi connectivity index (χ0n) is 8.21. The Hall–Kier alpha value is -1.31. The lowest BCUT2D eigenvalue weighted by Gasteiger charge is -2.05. The van der Waals surface area contributed by atoms with Gasteiger partial charge in [0, 0.05) is 0 Å². The highest BCUT2D eigenvalue weighted by atomic mass is 16.5. The molecule has 0 aliphatic heterocycles. The van der Waals surface area contributed by atoms with Crippen molar-refractivity contribution in [3.63, 3.8) is 0 Å². The maximum absolute atomic E-state index is 5.14. The van der Waals surface area contributed by atoms with Crippen molar-refractivity contribution in [2.24, 2.45) is 4.99 Å². The predicted molar refractivity (Wildman–Crippen MR) is 56.2 cm³/mol. The number of nitrogens with zero attached hydrogens (tertiary/aromatic N) is 1. The van der Waals surface area contributed by atoms with Crippen molar-refractivity contribution in [3.8, 4) is 5.75 Å². The van der Waals surface area contributed by atoms with Crippen LogP contribution in [0, 0.1) is 0 Å². The number of aliphatic imine (C=N–C) groups is 1. The first-order chi connectivity index (χ1) is 6.31. The second-order valence-electron chi connectivity index (χ2n) is 2.91. The molecule has 70 valence electrons. The van der Waals surface area contributed by atoms with Gasteiger partial charge in [-0.1, -0.05) is 19.4 Å². The molecule has 0 aromatic heterocycles. The topological polar surface area (TPSA) is 21.6 Å². The molecule has 0 aliphatic rings. The number of rotatable bonds is 4. The van der Waals surface area contributed by atoms with Gasteiger partial charge in [0.05, 0.1) is 7.11 Å². The summed E-state index contributed by atoms with van der Waals surface area (Å²) in [5.41, 5.74) is 2.11. The molecule has 1 rings (SSSR count). The van der Waals surface area contributed by atoms with Gasteiger partial charge in [-0.25, -0.2) is 0 Å². The lowest BCUT2D eigenvalue weighted by Crippen LogP contribution is -1.86. The van der Waals surface area contributed by atoms with E-state index in [2.05, 4.69) is 24.7 Å². The highest BCUT2D eigenvalue weighted by Crippen LogP contribution is 2.28. The van der Waals surface area contributed by atoms with Crippen molar-refractivity contribution < 1.29 is 4.74 Å². The van der Waals surface area contributed by atoms with E-state index >= 15 is 0 Å². The molecule has 1 aromatic rings. The van der Waals surface area contributed by atoms with Crippen LogP contribution in [-0.2, 0) is 6.42 Å². The van der Waals surface area contributed by atoms with E-state index in [9.17, 15) is 0 Å². The fraction of sp³-hybridized carbons (Fsp3) is 0.364. The molecule has 2 nitrogen and oxygen atoms in total. The Labute approximate surface area is 79.3 Å². The molecule has 0 fully saturated rings. The first kappa shape index (κ1) is 9.78. The molecule has 0 N–H and O–H groups in total. The van der Waals surface area contributed by atoms with Gasteiger partial charge in [0.15, 0.2) is 0 Å². The van der Waals surface area contributed by atoms with Gasteiger partial charge in [0.2, 0.25) is 0 Å². The normalized spacial score (nSPS) is 9.69. The zero-order valence-corrected chi connectivity index (χ0v) is 8.21. The summed E-state index contributed by atoms with van der Waals surface area (Å²) in [7, 11) is 1.64. The van der Waals surface area contributed by atoms with Crippen molar-refractivity contribution in [2.45, 2.75) is 19.8 Å². The second kappa shape index (κ2) is 4.65. The molecule has 13 heavy (non-hydrogen) atoms. The number of benzene rings is 1. The minimum atomic E-state index is 0.787. The summed E-state index contributed by atoms with van der Waals surface area (Å²) in [6, 6.07) is 6.03. The highest BCUT2D eigenvalue weighted by molar-refractivity contribution is 5.57. The standard InChI is InChI=1S/C11H15NO/c1-4-5-9-6-7-11(13-3)10(8-9)12-2/h6-8H,2,4-5H2,1,3H3. The summed E-state index contributed by atoms with van der Waals surface area (Å²) in [6.45, 7) is 5.67. The van der Waals surface area contributed by atoms with Crippen LogP contribution in [0.5, 0.6) is 5.75 Å². The van der Waals surface area contributed by atoms with E-state index in [4.69, 9.17) is 4.74 Å². The summed E-state index contributed by atoms with van der Waals surface area (Å²) in [5.74, 6) is 0.787. The Balaban J connectivity index is 2.98. The van der Waals surface area contributed by atoms with Gasteiger partial charge >= 0.3 is 0 Å². The maximum Gasteiger partial charge on any atom is 0.144 e. The van der Waals surface area contributed by atoms with E-state index in [1.807, 2.05) is 12.1 Å². The van der Waals surface area contributed by atoms with Gasteiger partial charge in [-0.15, -0.1) is 0 Å². The number of hydrogen-bond donors (Lipinski definition) is 0. The minimum absolute atomic E-state index is 0.787. The van der Waals surface area contributed by atoms with E-state index in [1.54, 1.807) is 7.11 Å². The number of methoxy groups -OCH3 is 1. The Bertz CT molecular complexity index is 294. The molecule has 0 spiro atoms. The molecule has 0 radical (unpaired) electrons. The summed E-state index contributed by atoms with van der Waals surface area (Å²) in [6.07, 6.45) is 2.22. The molecule has 0 bridgehead atoms. The lowest BCUT2D eigenvalue weighted by atomic mass is 10.1. The Morgan fingerprint density at radius 1 is 1.46 bits per heavy atom. The summed E-state index contributed by atoms with van der Waals surface area (Å²) >= 11 is 0. The van der Waals surface area contributed by atoms with Crippen LogP contribution >= 0.6 is 0 Å². The van der Waals surface area contributed by atoms with Crippen LogP contribution in [0.15, 0.2) is 23.2 Å². The number of hydrogen-bond acceptors (Lipinski definition) is 2. The predicted octanol–water partition coefficient (Wildman–Crippen LogP) is 2.98. The van der Waals surface area contributed by atoms with E-state index in [-0.39, 0.29) is 0 Å². The minimum Gasteiger partial charge on any atom is -0.494 e. The molecule has 0 amide bonds. The first-order valence-corrected chi connectivity index (χ1v) is 4.45. The molecule has 1 aromatic carbocycles. The van der Waals surface area contributed by atoms with Gasteiger partial charge in [-0.2, -0.15) is 0 Å². The SMILES string of the molecule is C=Nc1cc(CCC)ccc1OC. The van der Waals surface area contributed by atoms with E-state index in [0.29, 0.717) is 0 Å². The Morgan fingerprint density at radius 3 is 2.77 bits per heavy atom. The van der Waals surface area contributed by atoms with Gasteiger partial charge in [-0.3, -0.25) is 4.99 Å². The quantitative estimate of drug-likeness (QED) is 0.648. The van der Waals surface area contributed by atoms with E-state index < -0.39 is 0 Å². The molecule has 0 atom stereocenters. The van der Waals surface area contributed by atoms with Crippen LogP contribution in [0.4, 0.5) is 5.69 Å². The largest absolute Gasteiger partial charge is 0.494 e. The van der Waals surface area contributed by atoms with Crippen LogP contribution in [0.3, 0.4) is 0 Å². The maximum atomic E-state index is 5.14. The van der Waals surface area contributed by atoms with E-state index in [1.165, 1.54) is 5.56 Å². The third kappa shape index (κ3) is 2.31. The van der Waals surface area contributed by atoms with Gasteiger partial charge in [-0.05, 0) is 30.8 Å². The van der Waals surface area contributed by atoms with Crippen molar-refractivity contribution in [3.05, 3.63) is 23.8 Å². The Kier molecular flexibility index (Phi) is 3.50. The second-order valence-corrected chi connectivity index (χ2v) is 2.91. The van der Waals surface area contributed by atoms with Crippen LogP contribution in [0.1, 0.15) is 18.9 Å². The van der Waals surface area contributed by atoms with E-state index in [0.717, 1.165) is 24.3 Å². The van der Waals surface area contributed by atoms with Gasteiger partial charge < -0.3 is 4.74 Å². The fourth-order valence-corrected chi connectivity index (χ4v) is 1.30. The molecule has 0 unspecified atom stereocenters. The monoisotopic (exact) mass is 177 g/mol. The number of ether oxygens (including phenoxy) is 1. The molecular weight excluding hydrogens is 162 g/mol. The Morgan fingerprint density at radius 2 is 2.23 bits per heavy atom. The average molecular weight is 177 g/mol. The van der Waals surface area contributed by atoms with Gasteiger partial charge in [0.25, 0.3) is 0 Å². The van der Waals surface area contributed by atoms with Crippen LogP contribution in [0.2, 0.25) is 0 Å². The summed E-state index contributed by atoms with van der Waals surface area (Å²) in [5, 5.41) is 0. The molecular formula is C11H15NO. The molecule has 2 heteroatoms. The summed E-state index contributed by atoms with van der Waals surface area (Å²) in [4.78, 5) is 3.91. The molecule has 0 heterocycles. The first-order valence-electron chi connectivity index (χ1n) is 4.45. The van der Waals surface area contributed by atoms with Crippen LogP contribution in [-0.4, -0.2) is 13.8 Å². The van der Waals surface area contributed by atoms with Crippen molar-refractivity contribution in [1.82, 2.24) is 0 Å². The average Bonchev–Trinajstić information content (AvgIpc) is 2.18. The number of aryl methyl sites for hydroxylation is 1. The van der Waals surface area contributed by atoms with Crippen molar-refractivity contribution in [1.29, 1.82) is 0 Å². The van der Waals surface area contributed by atoms with Gasteiger partial charge in [0.1, 0.15) is 11.4 Å². The van der Waals surface area contributed by atoms with Crippen molar-refractivity contribution >= 4 is 12.4 Å². The summed E-state index contributed by atoms with van der Waals surface area (Å²) < 4.78 is 5.14. The zero-order chi connectivity index (χ0) is 9.68. The lowest BCUT2D eigenvalue weighted by molar-refractivity contribution is 0.416. The third-order valence-electron chi connectivity index (χ3n) is 1.95. The molecule has 0 aliphatic carbocycles. The molecule has 0 saturated carbocycles.